The summed E-state index contributed by atoms with van der Waals surface area (Å²) in [6.45, 7) is 3.36. The van der Waals surface area contributed by atoms with Gasteiger partial charge in [0.05, 0.1) is 12.6 Å². The van der Waals surface area contributed by atoms with E-state index in [4.69, 9.17) is 10.8 Å². The molecule has 0 radical (unpaired) electrons. The van der Waals surface area contributed by atoms with Gasteiger partial charge < -0.3 is 20.2 Å². The molecule has 2 rings (SSSR count). The number of furan rings is 1. The van der Waals surface area contributed by atoms with Gasteiger partial charge in [-0.15, -0.1) is 6.42 Å². The first kappa shape index (κ1) is 16.6. The fourth-order valence-electron chi connectivity index (χ4n) is 2.14. The van der Waals surface area contributed by atoms with Crippen LogP contribution >= 0.6 is 0 Å². The molecule has 1 heterocycles. The maximum atomic E-state index is 12.3. The van der Waals surface area contributed by atoms with Gasteiger partial charge in [0, 0.05) is 5.39 Å². The van der Waals surface area contributed by atoms with Gasteiger partial charge in [-0.3, -0.25) is 9.59 Å². The number of hydrogen-bond donors (Lipinski definition) is 3. The molecule has 0 unspecified atom stereocenters. The maximum absolute atomic E-state index is 12.3. The quantitative estimate of drug-likeness (QED) is 0.717. The van der Waals surface area contributed by atoms with Crippen LogP contribution in [0.3, 0.4) is 0 Å². The molecule has 6 nitrogen and oxygen atoms in total. The Hall–Kier alpha value is -2.78. The Morgan fingerprint density at radius 2 is 2.13 bits per heavy atom. The molecule has 0 aliphatic carbocycles. The van der Waals surface area contributed by atoms with Crippen LogP contribution in [0.4, 0.5) is 0 Å². The van der Waals surface area contributed by atoms with Crippen LogP contribution in [-0.4, -0.2) is 35.6 Å². The zero-order chi connectivity index (χ0) is 17.0. The number of aryl methyl sites for hydroxylation is 1. The molecule has 2 amide bonds. The minimum Gasteiger partial charge on any atom is -0.451 e. The van der Waals surface area contributed by atoms with E-state index >= 15 is 0 Å². The molecule has 2 atom stereocenters. The van der Waals surface area contributed by atoms with Crippen molar-refractivity contribution in [2.75, 3.05) is 6.54 Å². The van der Waals surface area contributed by atoms with Crippen LogP contribution in [0.1, 0.15) is 23.0 Å². The summed E-state index contributed by atoms with van der Waals surface area (Å²) in [5, 5.41) is 15.4. The third-order valence-corrected chi connectivity index (χ3v) is 3.31. The molecule has 23 heavy (non-hydrogen) atoms. The second kappa shape index (κ2) is 6.99. The van der Waals surface area contributed by atoms with Gasteiger partial charge in [0.25, 0.3) is 5.91 Å². The Labute approximate surface area is 133 Å². The Morgan fingerprint density at radius 1 is 1.39 bits per heavy atom. The molecule has 120 valence electrons. The highest BCUT2D eigenvalue weighted by atomic mass is 16.3. The zero-order valence-corrected chi connectivity index (χ0v) is 12.9. The van der Waals surface area contributed by atoms with Crippen molar-refractivity contribution in [1.29, 1.82) is 0 Å². The molecule has 0 bridgehead atoms. The van der Waals surface area contributed by atoms with E-state index in [-0.39, 0.29) is 12.3 Å². The van der Waals surface area contributed by atoms with Crippen LogP contribution in [0.15, 0.2) is 28.7 Å². The van der Waals surface area contributed by atoms with E-state index in [0.717, 1.165) is 10.9 Å². The number of amides is 2. The van der Waals surface area contributed by atoms with E-state index in [9.17, 15) is 14.7 Å². The normalized spacial score (nSPS) is 13.1. The smallest absolute Gasteiger partial charge is 0.287 e. The molecule has 0 fully saturated rings. The average Bonchev–Trinajstić information content (AvgIpc) is 2.92. The van der Waals surface area contributed by atoms with E-state index in [1.54, 1.807) is 12.1 Å². The van der Waals surface area contributed by atoms with E-state index in [1.807, 2.05) is 19.1 Å². The molecule has 6 heteroatoms. The molecular formula is C17H18N2O4. The lowest BCUT2D eigenvalue weighted by Gasteiger charge is -2.19. The van der Waals surface area contributed by atoms with Gasteiger partial charge in [0.2, 0.25) is 5.91 Å². The van der Waals surface area contributed by atoms with Gasteiger partial charge in [-0.1, -0.05) is 17.6 Å². The molecule has 0 aliphatic rings. The highest BCUT2D eigenvalue weighted by Gasteiger charge is 2.26. The summed E-state index contributed by atoms with van der Waals surface area (Å²) in [4.78, 5) is 24.2. The molecule has 0 saturated carbocycles. The van der Waals surface area contributed by atoms with Gasteiger partial charge in [0.15, 0.2) is 5.76 Å². The van der Waals surface area contributed by atoms with Crippen LogP contribution in [0, 0.1) is 19.3 Å². The summed E-state index contributed by atoms with van der Waals surface area (Å²) in [7, 11) is 0. The highest BCUT2D eigenvalue weighted by molar-refractivity contribution is 5.98. The summed E-state index contributed by atoms with van der Waals surface area (Å²) in [5.41, 5.74) is 1.62. The summed E-state index contributed by atoms with van der Waals surface area (Å²) in [6, 6.07) is 6.01. The first-order valence-electron chi connectivity index (χ1n) is 7.12. The predicted molar refractivity (Wildman–Crippen MR) is 85.7 cm³/mol. The summed E-state index contributed by atoms with van der Waals surface area (Å²) in [6.07, 6.45) is 3.99. The van der Waals surface area contributed by atoms with Crippen molar-refractivity contribution in [2.45, 2.75) is 26.0 Å². The number of fused-ring (bicyclic) bond motifs is 1. The third-order valence-electron chi connectivity index (χ3n) is 3.31. The van der Waals surface area contributed by atoms with Gasteiger partial charge in [-0.25, -0.2) is 0 Å². The van der Waals surface area contributed by atoms with E-state index in [1.165, 1.54) is 6.92 Å². The number of carbonyl (C=O) groups excluding carboxylic acids is 2. The predicted octanol–water partition coefficient (Wildman–Crippen LogP) is 0.970. The van der Waals surface area contributed by atoms with Gasteiger partial charge in [-0.05, 0) is 32.0 Å². The Bertz CT molecular complexity index is 770. The molecule has 1 aromatic heterocycles. The van der Waals surface area contributed by atoms with Crippen molar-refractivity contribution >= 4 is 22.8 Å². The SMILES string of the molecule is C#CCNC(=O)[C@@H](NC(=O)c1cc2cc(C)ccc2o1)[C@@H](C)O. The van der Waals surface area contributed by atoms with Crippen LogP contribution in [0.25, 0.3) is 11.0 Å². The molecule has 0 aliphatic heterocycles. The van der Waals surface area contributed by atoms with Gasteiger partial charge >= 0.3 is 0 Å². The minimum atomic E-state index is -1.12. The molecule has 1 aromatic carbocycles. The van der Waals surface area contributed by atoms with E-state index in [2.05, 4.69) is 16.6 Å². The average molecular weight is 314 g/mol. The number of aliphatic hydroxyl groups is 1. The van der Waals surface area contributed by atoms with Crippen LogP contribution in [0.5, 0.6) is 0 Å². The van der Waals surface area contributed by atoms with Crippen molar-refractivity contribution in [3.63, 3.8) is 0 Å². The van der Waals surface area contributed by atoms with Crippen LogP contribution < -0.4 is 10.6 Å². The first-order chi connectivity index (χ1) is 10.9. The third kappa shape index (κ3) is 3.90. The van der Waals surface area contributed by atoms with Crippen molar-refractivity contribution in [3.05, 3.63) is 35.6 Å². The fourth-order valence-corrected chi connectivity index (χ4v) is 2.14. The largest absolute Gasteiger partial charge is 0.451 e. The number of carbonyl (C=O) groups is 2. The van der Waals surface area contributed by atoms with Crippen molar-refractivity contribution in [2.24, 2.45) is 0 Å². The Morgan fingerprint density at radius 3 is 2.78 bits per heavy atom. The fraction of sp³-hybridized carbons (Fsp3) is 0.294. The zero-order valence-electron chi connectivity index (χ0n) is 12.9. The van der Waals surface area contributed by atoms with Crippen LogP contribution in [0.2, 0.25) is 0 Å². The number of nitrogens with one attached hydrogen (secondary N) is 2. The highest BCUT2D eigenvalue weighted by Crippen LogP contribution is 2.20. The van der Waals surface area contributed by atoms with Crippen LogP contribution in [-0.2, 0) is 4.79 Å². The Balaban J connectivity index is 2.17. The summed E-state index contributed by atoms with van der Waals surface area (Å²) >= 11 is 0. The van der Waals surface area contributed by atoms with Crippen molar-refractivity contribution in [1.82, 2.24) is 10.6 Å². The standard InChI is InChI=1S/C17H18N2O4/c1-4-7-18-17(22)15(11(3)20)19-16(21)14-9-12-8-10(2)5-6-13(12)23-14/h1,5-6,8-9,11,15,20H,7H2,2-3H3,(H,18,22)(H,19,21)/t11-,15+/m1/s1. The number of benzene rings is 1. The van der Waals surface area contributed by atoms with Crippen molar-refractivity contribution < 1.29 is 19.1 Å². The second-order valence-corrected chi connectivity index (χ2v) is 5.27. The summed E-state index contributed by atoms with van der Waals surface area (Å²) < 4.78 is 5.47. The summed E-state index contributed by atoms with van der Waals surface area (Å²) in [5.74, 6) is 1.19. The topological polar surface area (TPSA) is 91.6 Å². The van der Waals surface area contributed by atoms with Crippen molar-refractivity contribution in [3.8, 4) is 12.3 Å². The lowest BCUT2D eigenvalue weighted by Crippen LogP contribution is -2.52. The minimum absolute atomic E-state index is 0.0157. The van der Waals surface area contributed by atoms with E-state index < -0.39 is 24.0 Å². The molecule has 2 aromatic rings. The first-order valence-corrected chi connectivity index (χ1v) is 7.12. The van der Waals surface area contributed by atoms with E-state index in [0.29, 0.717) is 5.58 Å². The molecular weight excluding hydrogens is 296 g/mol. The number of terminal acetylenes is 1. The lowest BCUT2D eigenvalue weighted by molar-refractivity contribution is -0.125. The van der Waals surface area contributed by atoms with Gasteiger partial charge in [-0.2, -0.15) is 0 Å². The number of rotatable bonds is 5. The van der Waals surface area contributed by atoms with Gasteiger partial charge in [0.1, 0.15) is 11.6 Å². The second-order valence-electron chi connectivity index (χ2n) is 5.27. The lowest BCUT2D eigenvalue weighted by atomic mass is 10.1. The molecule has 3 N–H and O–H groups in total. The Kier molecular flexibility index (Phi) is 5.04. The molecule has 0 saturated heterocycles. The monoisotopic (exact) mass is 314 g/mol. The maximum Gasteiger partial charge on any atom is 0.287 e. The molecule has 0 spiro atoms. The number of aliphatic hydroxyl groups excluding tert-OH is 1. The number of hydrogen-bond acceptors (Lipinski definition) is 4.